The number of benzene rings is 1. The smallest absolute Gasteiger partial charge is 0.155 e. The van der Waals surface area contributed by atoms with Crippen molar-refractivity contribution in [2.75, 3.05) is 6.61 Å². The minimum atomic E-state index is -0.543. The molecule has 5 N–H and O–H groups in total. The van der Waals surface area contributed by atoms with Crippen LogP contribution in [0.15, 0.2) is 30.3 Å². The van der Waals surface area contributed by atoms with Gasteiger partial charge in [0.25, 0.3) is 0 Å². The number of Topliss-reactive ketones (excluding diaryl/α,β-unsaturated/α-hetero) is 1. The highest BCUT2D eigenvalue weighted by atomic mass is 16.3. The zero-order chi connectivity index (χ0) is 16.9. The van der Waals surface area contributed by atoms with Crippen molar-refractivity contribution in [1.29, 1.82) is 0 Å². The molecule has 4 aliphatic carbocycles. The molecule has 4 aliphatic rings. The van der Waals surface area contributed by atoms with Gasteiger partial charge in [0.15, 0.2) is 5.78 Å². The molecule has 4 heteroatoms. The lowest BCUT2D eigenvalue weighted by Crippen LogP contribution is -2.70. The summed E-state index contributed by atoms with van der Waals surface area (Å²) in [6.45, 7) is 0.0629. The van der Waals surface area contributed by atoms with Crippen molar-refractivity contribution in [3.05, 3.63) is 35.9 Å². The Kier molecular flexibility index (Phi) is 3.83. The van der Waals surface area contributed by atoms with Gasteiger partial charge in [0.2, 0.25) is 0 Å². The van der Waals surface area contributed by atoms with Gasteiger partial charge in [-0.25, -0.2) is 0 Å². The van der Waals surface area contributed by atoms with Crippen molar-refractivity contribution < 1.29 is 9.90 Å². The van der Waals surface area contributed by atoms with E-state index in [1.807, 2.05) is 30.3 Å². The van der Waals surface area contributed by atoms with Gasteiger partial charge in [-0.05, 0) is 55.9 Å². The SMILES string of the molecule is N[C@@H](Cc1ccccc1)C(=O)C1C2(N)CC3CC(C2)CC1(CO)C3. The number of aliphatic hydroxyl groups excluding tert-OH is 1. The number of carbonyl (C=O) groups is 1. The quantitative estimate of drug-likeness (QED) is 0.766. The molecule has 0 saturated heterocycles. The van der Waals surface area contributed by atoms with Gasteiger partial charge in [-0.3, -0.25) is 4.79 Å². The van der Waals surface area contributed by atoms with E-state index in [9.17, 15) is 9.90 Å². The van der Waals surface area contributed by atoms with Crippen LogP contribution in [0.1, 0.15) is 37.7 Å². The molecule has 4 bridgehead atoms. The number of ketones is 1. The first-order valence-electron chi connectivity index (χ1n) is 9.19. The molecule has 4 nitrogen and oxygen atoms in total. The second-order valence-electron chi connectivity index (χ2n) is 8.67. The second kappa shape index (κ2) is 5.65. The molecule has 0 radical (unpaired) electrons. The molecule has 1 aromatic rings. The summed E-state index contributed by atoms with van der Waals surface area (Å²) in [5.74, 6) is 0.920. The zero-order valence-corrected chi connectivity index (χ0v) is 14.2. The Morgan fingerprint density at radius 1 is 1.17 bits per heavy atom. The Morgan fingerprint density at radius 2 is 1.79 bits per heavy atom. The van der Waals surface area contributed by atoms with Gasteiger partial charge in [-0.2, -0.15) is 0 Å². The van der Waals surface area contributed by atoms with E-state index in [1.165, 1.54) is 6.42 Å². The number of rotatable bonds is 5. The topological polar surface area (TPSA) is 89.3 Å². The van der Waals surface area contributed by atoms with E-state index in [1.54, 1.807) is 0 Å². The lowest BCUT2D eigenvalue weighted by atomic mass is 9.41. The summed E-state index contributed by atoms with van der Waals surface area (Å²) in [6, 6.07) is 9.36. The Bertz CT molecular complexity index is 616. The monoisotopic (exact) mass is 328 g/mol. The molecule has 3 unspecified atom stereocenters. The summed E-state index contributed by atoms with van der Waals surface area (Å²) >= 11 is 0. The fourth-order valence-electron chi connectivity index (χ4n) is 6.41. The van der Waals surface area contributed by atoms with Crippen LogP contribution in [0.4, 0.5) is 0 Å². The van der Waals surface area contributed by atoms with E-state index >= 15 is 0 Å². The van der Waals surface area contributed by atoms with E-state index < -0.39 is 11.6 Å². The van der Waals surface area contributed by atoms with E-state index in [4.69, 9.17) is 11.5 Å². The Hall–Kier alpha value is -1.23. The van der Waals surface area contributed by atoms with Gasteiger partial charge in [0, 0.05) is 23.5 Å². The van der Waals surface area contributed by atoms with Crippen LogP contribution in [0.3, 0.4) is 0 Å². The van der Waals surface area contributed by atoms with Crippen LogP contribution in [0, 0.1) is 23.2 Å². The molecule has 0 amide bonds. The minimum Gasteiger partial charge on any atom is -0.396 e. The van der Waals surface area contributed by atoms with E-state index in [0.29, 0.717) is 18.3 Å². The molecule has 0 aliphatic heterocycles. The van der Waals surface area contributed by atoms with Crippen LogP contribution in [0.5, 0.6) is 0 Å². The first-order chi connectivity index (χ1) is 11.5. The van der Waals surface area contributed by atoms with Crippen LogP contribution in [-0.2, 0) is 11.2 Å². The first kappa shape index (κ1) is 16.2. The molecule has 24 heavy (non-hydrogen) atoms. The van der Waals surface area contributed by atoms with Crippen molar-refractivity contribution >= 4 is 5.78 Å². The largest absolute Gasteiger partial charge is 0.396 e. The molecule has 4 saturated carbocycles. The normalized spacial score (nSPS) is 41.4. The van der Waals surface area contributed by atoms with E-state index in [2.05, 4.69) is 0 Å². The lowest BCUT2D eigenvalue weighted by molar-refractivity contribution is -0.166. The third-order valence-corrected chi connectivity index (χ3v) is 6.85. The summed E-state index contributed by atoms with van der Waals surface area (Å²) in [7, 11) is 0. The summed E-state index contributed by atoms with van der Waals surface area (Å²) in [5.41, 5.74) is 13.4. The predicted molar refractivity (Wildman–Crippen MR) is 93.1 cm³/mol. The minimum absolute atomic E-state index is 0.0629. The fraction of sp³-hybridized carbons (Fsp3) is 0.650. The lowest BCUT2D eigenvalue weighted by Gasteiger charge is -2.64. The highest BCUT2D eigenvalue weighted by Crippen LogP contribution is 2.63. The highest BCUT2D eigenvalue weighted by molar-refractivity contribution is 5.88. The maximum Gasteiger partial charge on any atom is 0.155 e. The molecular formula is C20H28N2O2. The number of carbonyl (C=O) groups excluding carboxylic acids is 1. The number of aliphatic hydroxyl groups is 1. The Morgan fingerprint density at radius 3 is 2.38 bits per heavy atom. The summed E-state index contributed by atoms with van der Waals surface area (Å²) < 4.78 is 0. The highest BCUT2D eigenvalue weighted by Gasteiger charge is 2.64. The summed E-state index contributed by atoms with van der Waals surface area (Å²) in [5, 5.41) is 10.2. The molecule has 130 valence electrons. The molecule has 0 heterocycles. The number of hydrogen-bond donors (Lipinski definition) is 3. The van der Waals surface area contributed by atoms with Gasteiger partial charge in [0.1, 0.15) is 0 Å². The molecule has 0 spiro atoms. The number of hydrogen-bond acceptors (Lipinski definition) is 4. The average molecular weight is 328 g/mol. The molecular weight excluding hydrogens is 300 g/mol. The van der Waals surface area contributed by atoms with Crippen LogP contribution >= 0.6 is 0 Å². The third-order valence-electron chi connectivity index (χ3n) is 6.85. The van der Waals surface area contributed by atoms with Gasteiger partial charge >= 0.3 is 0 Å². The van der Waals surface area contributed by atoms with Crippen molar-refractivity contribution in [3.63, 3.8) is 0 Å². The molecule has 4 fully saturated rings. The van der Waals surface area contributed by atoms with E-state index in [-0.39, 0.29) is 23.7 Å². The Balaban J connectivity index is 1.60. The van der Waals surface area contributed by atoms with Gasteiger partial charge in [-0.15, -0.1) is 0 Å². The Labute approximate surface area is 143 Å². The summed E-state index contributed by atoms with van der Waals surface area (Å²) in [4.78, 5) is 13.3. The predicted octanol–water partition coefficient (Wildman–Crippen LogP) is 1.64. The molecule has 5 rings (SSSR count). The van der Waals surface area contributed by atoms with Crippen LogP contribution < -0.4 is 11.5 Å². The van der Waals surface area contributed by atoms with Crippen LogP contribution in [0.25, 0.3) is 0 Å². The third kappa shape index (κ3) is 2.43. The van der Waals surface area contributed by atoms with Gasteiger partial charge in [0.05, 0.1) is 6.04 Å². The first-order valence-corrected chi connectivity index (χ1v) is 9.19. The standard InChI is InChI=1S/C20H28N2O2/c21-16(7-13-4-2-1-3-5-13)17(24)18-19(12-23)8-14-6-15(9-19)11-20(18,22)10-14/h1-5,14-16,18,23H,6-12,21-22H2/t14?,15?,16-,18?,19?,20?/m0/s1. The van der Waals surface area contributed by atoms with Crippen molar-refractivity contribution in [3.8, 4) is 0 Å². The average Bonchev–Trinajstić information content (AvgIpc) is 2.53. The second-order valence-corrected chi connectivity index (χ2v) is 8.67. The van der Waals surface area contributed by atoms with Crippen molar-refractivity contribution in [2.45, 2.75) is 50.1 Å². The van der Waals surface area contributed by atoms with Gasteiger partial charge in [-0.1, -0.05) is 30.3 Å². The van der Waals surface area contributed by atoms with Crippen molar-refractivity contribution in [2.24, 2.45) is 34.6 Å². The van der Waals surface area contributed by atoms with Crippen LogP contribution in [0.2, 0.25) is 0 Å². The number of nitrogens with two attached hydrogens (primary N) is 2. The van der Waals surface area contributed by atoms with Gasteiger partial charge < -0.3 is 16.6 Å². The fourth-order valence-corrected chi connectivity index (χ4v) is 6.41. The maximum atomic E-state index is 13.3. The molecule has 1 aromatic carbocycles. The maximum absolute atomic E-state index is 13.3. The molecule has 0 aromatic heterocycles. The van der Waals surface area contributed by atoms with Crippen LogP contribution in [-0.4, -0.2) is 29.1 Å². The zero-order valence-electron chi connectivity index (χ0n) is 14.2. The van der Waals surface area contributed by atoms with Crippen molar-refractivity contribution in [1.82, 2.24) is 0 Å². The molecule has 4 atom stereocenters. The summed E-state index contributed by atoms with van der Waals surface area (Å²) in [6.07, 6.45) is 5.47. The van der Waals surface area contributed by atoms with E-state index in [0.717, 1.165) is 31.2 Å².